The molecule has 5 nitrogen and oxygen atoms in total. The topological polar surface area (TPSA) is 67.4 Å². The van der Waals surface area contributed by atoms with Gasteiger partial charge in [0.15, 0.2) is 0 Å². The maximum atomic E-state index is 11.6. The molecule has 5 heteroatoms. The number of piperidine rings is 1. The molecule has 0 spiro atoms. The van der Waals surface area contributed by atoms with Crippen LogP contribution in [0.2, 0.25) is 0 Å². The third-order valence-electron chi connectivity index (χ3n) is 2.55. The first kappa shape index (κ1) is 12.0. The summed E-state index contributed by atoms with van der Waals surface area (Å²) in [5, 5.41) is 5.41. The van der Waals surface area contributed by atoms with Crippen molar-refractivity contribution in [2.24, 2.45) is 0 Å². The summed E-state index contributed by atoms with van der Waals surface area (Å²) in [6.45, 7) is 2.57. The summed E-state index contributed by atoms with van der Waals surface area (Å²) in [7, 11) is 1.49. The molecule has 1 fully saturated rings. The lowest BCUT2D eigenvalue weighted by atomic mass is 10.1. The van der Waals surface area contributed by atoms with E-state index in [2.05, 4.69) is 10.6 Å². The molecule has 0 aromatic rings. The fourth-order valence-electron chi connectivity index (χ4n) is 1.63. The normalized spacial score (nSPS) is 23.1. The Morgan fingerprint density at radius 2 is 2.47 bits per heavy atom. The van der Waals surface area contributed by atoms with E-state index in [-0.39, 0.29) is 11.8 Å². The van der Waals surface area contributed by atoms with Crippen molar-refractivity contribution in [2.45, 2.75) is 38.3 Å². The second-order valence-corrected chi connectivity index (χ2v) is 3.63. The fraction of sp³-hybridized carbons (Fsp3) is 0.800. The van der Waals surface area contributed by atoms with Gasteiger partial charge in [-0.05, 0) is 19.3 Å². The highest BCUT2D eigenvalue weighted by Crippen LogP contribution is 2.04. The van der Waals surface area contributed by atoms with Crippen molar-refractivity contribution in [3.63, 3.8) is 0 Å². The summed E-state index contributed by atoms with van der Waals surface area (Å²) in [6.07, 6.45) is 1.76. The Kier molecular flexibility index (Phi) is 4.55. The van der Waals surface area contributed by atoms with Gasteiger partial charge in [0.2, 0.25) is 11.8 Å². The highest BCUT2D eigenvalue weighted by molar-refractivity contribution is 5.89. The van der Waals surface area contributed by atoms with Crippen LogP contribution < -0.4 is 10.6 Å². The van der Waals surface area contributed by atoms with Crippen molar-refractivity contribution in [1.82, 2.24) is 10.6 Å². The average molecular weight is 214 g/mol. The Bertz CT molecular complexity index is 239. The standard InChI is InChI=1S/C10H18N2O3/c1-3-8(15-2)10(14)12-7-5-4-6-11-9(7)13/h7-8H,3-6H2,1-2H3,(H,11,13)(H,12,14). The number of nitrogens with one attached hydrogen (secondary N) is 2. The molecule has 2 amide bonds. The first-order valence-electron chi connectivity index (χ1n) is 5.30. The van der Waals surface area contributed by atoms with Crippen molar-refractivity contribution in [3.05, 3.63) is 0 Å². The summed E-state index contributed by atoms with van der Waals surface area (Å²) in [5.41, 5.74) is 0. The molecule has 2 N–H and O–H groups in total. The molecule has 1 heterocycles. The first-order valence-corrected chi connectivity index (χ1v) is 5.30. The van der Waals surface area contributed by atoms with E-state index >= 15 is 0 Å². The zero-order valence-electron chi connectivity index (χ0n) is 9.21. The van der Waals surface area contributed by atoms with Crippen LogP contribution in [0.4, 0.5) is 0 Å². The predicted molar refractivity (Wildman–Crippen MR) is 55.3 cm³/mol. The van der Waals surface area contributed by atoms with Gasteiger partial charge in [-0.2, -0.15) is 0 Å². The van der Waals surface area contributed by atoms with Gasteiger partial charge in [-0.25, -0.2) is 0 Å². The Morgan fingerprint density at radius 3 is 3.00 bits per heavy atom. The number of carbonyl (C=O) groups excluding carboxylic acids is 2. The van der Waals surface area contributed by atoms with Crippen molar-refractivity contribution in [1.29, 1.82) is 0 Å². The van der Waals surface area contributed by atoms with Crippen LogP contribution in [0.25, 0.3) is 0 Å². The van der Waals surface area contributed by atoms with E-state index < -0.39 is 12.1 Å². The molecule has 1 rings (SSSR count). The summed E-state index contributed by atoms with van der Waals surface area (Å²) >= 11 is 0. The monoisotopic (exact) mass is 214 g/mol. The number of amides is 2. The second kappa shape index (κ2) is 5.70. The first-order chi connectivity index (χ1) is 7.19. The zero-order valence-corrected chi connectivity index (χ0v) is 9.21. The molecule has 0 bridgehead atoms. The van der Waals surface area contributed by atoms with Crippen LogP contribution in [0.1, 0.15) is 26.2 Å². The maximum Gasteiger partial charge on any atom is 0.249 e. The van der Waals surface area contributed by atoms with Crippen molar-refractivity contribution in [2.75, 3.05) is 13.7 Å². The van der Waals surface area contributed by atoms with Gasteiger partial charge in [-0.1, -0.05) is 6.92 Å². The molecule has 2 atom stereocenters. The van der Waals surface area contributed by atoms with E-state index in [0.717, 1.165) is 6.42 Å². The van der Waals surface area contributed by atoms with Crippen LogP contribution in [0.3, 0.4) is 0 Å². The number of rotatable bonds is 4. The predicted octanol–water partition coefficient (Wildman–Crippen LogP) is -0.194. The smallest absolute Gasteiger partial charge is 0.249 e. The SMILES string of the molecule is CCC(OC)C(=O)NC1CCCNC1=O. The van der Waals surface area contributed by atoms with Gasteiger partial charge < -0.3 is 15.4 Å². The third kappa shape index (κ3) is 3.20. The Balaban J connectivity index is 2.45. The minimum Gasteiger partial charge on any atom is -0.372 e. The van der Waals surface area contributed by atoms with Crippen LogP contribution in [0.15, 0.2) is 0 Å². The largest absolute Gasteiger partial charge is 0.372 e. The Morgan fingerprint density at radius 1 is 1.73 bits per heavy atom. The zero-order chi connectivity index (χ0) is 11.3. The van der Waals surface area contributed by atoms with E-state index in [9.17, 15) is 9.59 Å². The highest BCUT2D eigenvalue weighted by atomic mass is 16.5. The molecule has 0 aliphatic carbocycles. The summed E-state index contributed by atoms with van der Waals surface area (Å²) in [4.78, 5) is 23.0. The number of hydrogen-bond donors (Lipinski definition) is 2. The lowest BCUT2D eigenvalue weighted by Gasteiger charge is -2.24. The molecule has 0 aromatic carbocycles. The lowest BCUT2D eigenvalue weighted by Crippen LogP contribution is -2.52. The second-order valence-electron chi connectivity index (χ2n) is 3.63. The summed E-state index contributed by atoms with van der Waals surface area (Å²) in [6, 6.07) is -0.393. The van der Waals surface area contributed by atoms with Crippen LogP contribution in [0.5, 0.6) is 0 Å². The Hall–Kier alpha value is -1.10. The van der Waals surface area contributed by atoms with E-state index in [1.54, 1.807) is 0 Å². The molecule has 15 heavy (non-hydrogen) atoms. The van der Waals surface area contributed by atoms with Crippen LogP contribution in [-0.4, -0.2) is 37.6 Å². The van der Waals surface area contributed by atoms with Crippen molar-refractivity contribution in [3.8, 4) is 0 Å². The number of methoxy groups -OCH3 is 1. The minimum atomic E-state index is -0.459. The number of carbonyl (C=O) groups is 2. The quantitative estimate of drug-likeness (QED) is 0.681. The molecular weight excluding hydrogens is 196 g/mol. The lowest BCUT2D eigenvalue weighted by molar-refractivity contribution is -0.136. The van der Waals surface area contributed by atoms with E-state index in [1.807, 2.05) is 6.92 Å². The third-order valence-corrected chi connectivity index (χ3v) is 2.55. The number of hydrogen-bond acceptors (Lipinski definition) is 3. The van der Waals surface area contributed by atoms with Gasteiger partial charge >= 0.3 is 0 Å². The molecule has 1 aliphatic heterocycles. The minimum absolute atomic E-state index is 0.0967. The summed E-state index contributed by atoms with van der Waals surface area (Å²) < 4.78 is 4.99. The van der Waals surface area contributed by atoms with E-state index in [4.69, 9.17) is 4.74 Å². The number of ether oxygens (including phenoxy) is 1. The van der Waals surface area contributed by atoms with Gasteiger partial charge in [0, 0.05) is 13.7 Å². The fourth-order valence-corrected chi connectivity index (χ4v) is 1.63. The van der Waals surface area contributed by atoms with Gasteiger partial charge in [0.1, 0.15) is 12.1 Å². The molecular formula is C10H18N2O3. The van der Waals surface area contributed by atoms with Crippen LogP contribution in [-0.2, 0) is 14.3 Å². The van der Waals surface area contributed by atoms with Crippen LogP contribution in [0, 0.1) is 0 Å². The Labute approximate surface area is 89.6 Å². The van der Waals surface area contributed by atoms with Crippen molar-refractivity contribution < 1.29 is 14.3 Å². The molecule has 86 valence electrons. The molecule has 1 saturated heterocycles. The molecule has 0 aromatic heterocycles. The molecule has 1 aliphatic rings. The maximum absolute atomic E-state index is 11.6. The van der Waals surface area contributed by atoms with Gasteiger partial charge in [0.05, 0.1) is 0 Å². The van der Waals surface area contributed by atoms with Crippen LogP contribution >= 0.6 is 0 Å². The highest BCUT2D eigenvalue weighted by Gasteiger charge is 2.26. The van der Waals surface area contributed by atoms with Gasteiger partial charge in [-0.3, -0.25) is 9.59 Å². The van der Waals surface area contributed by atoms with Gasteiger partial charge in [0.25, 0.3) is 0 Å². The van der Waals surface area contributed by atoms with Gasteiger partial charge in [-0.15, -0.1) is 0 Å². The average Bonchev–Trinajstić information content (AvgIpc) is 2.23. The molecule has 0 radical (unpaired) electrons. The molecule has 0 saturated carbocycles. The van der Waals surface area contributed by atoms with Crippen molar-refractivity contribution >= 4 is 11.8 Å². The van der Waals surface area contributed by atoms with E-state index in [0.29, 0.717) is 19.4 Å². The molecule has 2 unspecified atom stereocenters. The van der Waals surface area contributed by atoms with E-state index in [1.165, 1.54) is 7.11 Å². The summed E-state index contributed by atoms with van der Waals surface area (Å²) in [5.74, 6) is -0.303.